The Kier molecular flexibility index (Phi) is 6.12. The van der Waals surface area contributed by atoms with E-state index in [1.54, 1.807) is 25.7 Å². The third-order valence-corrected chi connectivity index (χ3v) is 5.33. The number of hydrogen-bond acceptors (Lipinski definition) is 5. The Labute approximate surface area is 163 Å². The molecule has 0 aromatic rings. The van der Waals surface area contributed by atoms with Gasteiger partial charge in [0.15, 0.2) is 0 Å². The van der Waals surface area contributed by atoms with Crippen LogP contribution in [0.4, 0.5) is 18.4 Å². The number of nitrogens with zero attached hydrogens (tertiary/aromatic N) is 2. The molecule has 0 aromatic carbocycles. The van der Waals surface area contributed by atoms with Crippen LogP contribution in [0.25, 0.3) is 0 Å². The van der Waals surface area contributed by atoms with Crippen molar-refractivity contribution in [3.8, 4) is 0 Å². The Balaban J connectivity index is 1.57. The molecule has 3 fully saturated rings. The standard InChI is InChI=1S/C19H28F2N2O5/c1-19(2,3)28-17(24)22-6-4-12(15(5-7-22)16(20)21)10-27-18(25)23-9-14-8-13(23)11-26-14/h12-14H,4-11H2,1-3H3/t12?,13-,14-/m1/s1. The minimum absolute atomic E-state index is 0.0159. The molecule has 3 aliphatic heterocycles. The van der Waals surface area contributed by atoms with Gasteiger partial charge in [0, 0.05) is 24.6 Å². The van der Waals surface area contributed by atoms with Crippen molar-refractivity contribution in [1.82, 2.24) is 9.80 Å². The summed E-state index contributed by atoms with van der Waals surface area (Å²) in [6.07, 6.45) is -1.59. The first kappa shape index (κ1) is 20.8. The predicted molar refractivity (Wildman–Crippen MR) is 96.0 cm³/mol. The molecule has 3 atom stereocenters. The van der Waals surface area contributed by atoms with Gasteiger partial charge in [-0.1, -0.05) is 0 Å². The van der Waals surface area contributed by atoms with Gasteiger partial charge in [-0.05, 0) is 40.0 Å². The highest BCUT2D eigenvalue weighted by Gasteiger charge is 2.42. The van der Waals surface area contributed by atoms with Crippen molar-refractivity contribution in [2.24, 2.45) is 5.92 Å². The average molecular weight is 402 g/mol. The number of morpholine rings is 1. The smallest absolute Gasteiger partial charge is 0.410 e. The molecule has 2 amide bonds. The van der Waals surface area contributed by atoms with Crippen LogP contribution in [0.15, 0.2) is 11.7 Å². The molecule has 0 N–H and O–H groups in total. The van der Waals surface area contributed by atoms with Crippen LogP contribution in [0.5, 0.6) is 0 Å². The largest absolute Gasteiger partial charge is 0.449 e. The highest BCUT2D eigenvalue weighted by atomic mass is 19.3. The number of carbonyl (C=O) groups excluding carboxylic acids is 2. The SMILES string of the molecule is CC(C)(C)OC(=O)N1CCC(=C(F)F)C(COC(=O)N2C[C@H]3C[C@@H]2CO3)CC1. The molecule has 0 radical (unpaired) electrons. The van der Waals surface area contributed by atoms with Crippen molar-refractivity contribution in [2.75, 3.05) is 32.8 Å². The number of hydrogen-bond donors (Lipinski definition) is 0. The van der Waals surface area contributed by atoms with Crippen LogP contribution in [0.1, 0.15) is 40.0 Å². The molecule has 158 valence electrons. The normalized spacial score (nSPS) is 27.6. The molecule has 3 saturated heterocycles. The lowest BCUT2D eigenvalue weighted by Gasteiger charge is -2.27. The number of ether oxygens (including phenoxy) is 3. The molecule has 3 rings (SSSR count). The van der Waals surface area contributed by atoms with Crippen molar-refractivity contribution in [2.45, 2.75) is 57.8 Å². The van der Waals surface area contributed by atoms with E-state index in [4.69, 9.17) is 14.2 Å². The molecular weight excluding hydrogens is 374 g/mol. The van der Waals surface area contributed by atoms with Crippen LogP contribution in [0.3, 0.4) is 0 Å². The Bertz CT molecular complexity index is 645. The van der Waals surface area contributed by atoms with Gasteiger partial charge in [0.25, 0.3) is 6.08 Å². The lowest BCUT2D eigenvalue weighted by molar-refractivity contribution is 0.0182. The maximum atomic E-state index is 13.5. The monoisotopic (exact) mass is 402 g/mol. The van der Waals surface area contributed by atoms with E-state index in [1.165, 1.54) is 4.90 Å². The summed E-state index contributed by atoms with van der Waals surface area (Å²) in [6.45, 7) is 6.56. The second-order valence-electron chi connectivity index (χ2n) is 8.56. The fraction of sp³-hybridized carbons (Fsp3) is 0.789. The second-order valence-corrected chi connectivity index (χ2v) is 8.56. The van der Waals surface area contributed by atoms with E-state index in [1.807, 2.05) is 0 Å². The van der Waals surface area contributed by atoms with Crippen LogP contribution in [0, 0.1) is 5.92 Å². The number of fused-ring (bicyclic) bond motifs is 2. The van der Waals surface area contributed by atoms with Gasteiger partial charge in [-0.25, -0.2) is 9.59 Å². The summed E-state index contributed by atoms with van der Waals surface area (Å²) in [6, 6.07) is 0.0159. The molecule has 28 heavy (non-hydrogen) atoms. The van der Waals surface area contributed by atoms with Gasteiger partial charge in [0.2, 0.25) is 0 Å². The molecule has 3 aliphatic rings. The van der Waals surface area contributed by atoms with E-state index < -0.39 is 29.8 Å². The molecule has 2 bridgehead atoms. The fourth-order valence-corrected chi connectivity index (χ4v) is 3.88. The number of amides is 2. The summed E-state index contributed by atoms with van der Waals surface area (Å²) in [7, 11) is 0. The molecule has 0 aromatic heterocycles. The van der Waals surface area contributed by atoms with E-state index in [-0.39, 0.29) is 50.3 Å². The molecule has 0 saturated carbocycles. The van der Waals surface area contributed by atoms with E-state index in [9.17, 15) is 18.4 Å². The lowest BCUT2D eigenvalue weighted by Crippen LogP contribution is -2.42. The van der Waals surface area contributed by atoms with Gasteiger partial charge in [-0.2, -0.15) is 8.78 Å². The zero-order valence-corrected chi connectivity index (χ0v) is 16.6. The van der Waals surface area contributed by atoms with Gasteiger partial charge < -0.3 is 24.0 Å². The highest BCUT2D eigenvalue weighted by molar-refractivity contribution is 5.69. The Morgan fingerprint density at radius 1 is 1.21 bits per heavy atom. The van der Waals surface area contributed by atoms with Crippen molar-refractivity contribution in [3.63, 3.8) is 0 Å². The quantitative estimate of drug-likeness (QED) is 0.708. The van der Waals surface area contributed by atoms with E-state index in [0.29, 0.717) is 13.2 Å². The number of rotatable bonds is 2. The van der Waals surface area contributed by atoms with Crippen LogP contribution >= 0.6 is 0 Å². The topological polar surface area (TPSA) is 68.3 Å². The van der Waals surface area contributed by atoms with Crippen molar-refractivity contribution >= 4 is 12.2 Å². The van der Waals surface area contributed by atoms with Crippen LogP contribution in [-0.4, -0.2) is 72.6 Å². The first-order valence-corrected chi connectivity index (χ1v) is 9.71. The zero-order chi connectivity index (χ0) is 20.5. The maximum absolute atomic E-state index is 13.5. The Morgan fingerprint density at radius 3 is 2.54 bits per heavy atom. The molecule has 1 unspecified atom stereocenters. The minimum Gasteiger partial charge on any atom is -0.449 e. The van der Waals surface area contributed by atoms with Crippen molar-refractivity contribution in [3.05, 3.63) is 11.7 Å². The fourth-order valence-electron chi connectivity index (χ4n) is 3.88. The number of likely N-dealkylation sites (tertiary alicyclic amines) is 2. The van der Waals surface area contributed by atoms with Gasteiger partial charge >= 0.3 is 12.2 Å². The van der Waals surface area contributed by atoms with Gasteiger partial charge in [0.1, 0.15) is 5.60 Å². The summed E-state index contributed by atoms with van der Waals surface area (Å²) in [5.74, 6) is -0.613. The molecule has 7 nitrogen and oxygen atoms in total. The van der Waals surface area contributed by atoms with Crippen molar-refractivity contribution < 1.29 is 32.6 Å². The number of halogens is 2. The third-order valence-electron chi connectivity index (χ3n) is 5.33. The van der Waals surface area contributed by atoms with E-state index in [2.05, 4.69) is 0 Å². The van der Waals surface area contributed by atoms with Gasteiger partial charge in [-0.3, -0.25) is 0 Å². The third kappa shape index (κ3) is 4.92. The predicted octanol–water partition coefficient (Wildman–Crippen LogP) is 3.39. The minimum atomic E-state index is -1.76. The lowest BCUT2D eigenvalue weighted by atomic mass is 9.96. The maximum Gasteiger partial charge on any atom is 0.410 e. The van der Waals surface area contributed by atoms with Gasteiger partial charge in [-0.15, -0.1) is 0 Å². The summed E-state index contributed by atoms with van der Waals surface area (Å²) >= 11 is 0. The van der Waals surface area contributed by atoms with Crippen LogP contribution < -0.4 is 0 Å². The zero-order valence-electron chi connectivity index (χ0n) is 16.6. The van der Waals surface area contributed by atoms with Gasteiger partial charge in [0.05, 0.1) is 31.9 Å². The molecule has 0 spiro atoms. The number of carbonyl (C=O) groups is 2. The highest BCUT2D eigenvalue weighted by Crippen LogP contribution is 2.31. The molecular formula is C19H28F2N2O5. The summed E-state index contributed by atoms with van der Waals surface area (Å²) in [4.78, 5) is 27.6. The first-order chi connectivity index (χ1) is 13.1. The molecule has 9 heteroatoms. The summed E-state index contributed by atoms with van der Waals surface area (Å²) < 4.78 is 43.1. The molecule has 3 heterocycles. The molecule has 0 aliphatic carbocycles. The summed E-state index contributed by atoms with van der Waals surface area (Å²) in [5.41, 5.74) is -0.702. The van der Waals surface area contributed by atoms with Crippen molar-refractivity contribution in [1.29, 1.82) is 0 Å². The van der Waals surface area contributed by atoms with E-state index >= 15 is 0 Å². The van der Waals surface area contributed by atoms with Crippen LogP contribution in [-0.2, 0) is 14.2 Å². The van der Waals surface area contributed by atoms with E-state index in [0.717, 1.165) is 6.42 Å². The summed E-state index contributed by atoms with van der Waals surface area (Å²) in [5, 5.41) is 0. The average Bonchev–Trinajstić information content (AvgIpc) is 3.15. The first-order valence-electron chi connectivity index (χ1n) is 9.71. The Morgan fingerprint density at radius 2 is 1.96 bits per heavy atom. The Hall–Kier alpha value is -1.90. The second kappa shape index (κ2) is 8.23. The van der Waals surface area contributed by atoms with Crippen LogP contribution in [0.2, 0.25) is 0 Å².